The first-order valence-corrected chi connectivity index (χ1v) is 6.79. The zero-order chi connectivity index (χ0) is 13.4. The Hall–Kier alpha value is -1.80. The summed E-state index contributed by atoms with van der Waals surface area (Å²) in [6, 6.07) is 15.1. The van der Waals surface area contributed by atoms with Gasteiger partial charge in [0.05, 0.1) is 0 Å². The minimum absolute atomic E-state index is 0.373. The van der Waals surface area contributed by atoms with Gasteiger partial charge < -0.3 is 9.73 Å². The fraction of sp³-hybridized carbons (Fsp3) is 0.294. The number of hydrogen-bond acceptors (Lipinski definition) is 2. The lowest BCUT2D eigenvalue weighted by Gasteiger charge is -2.20. The maximum atomic E-state index is 5.86. The predicted molar refractivity (Wildman–Crippen MR) is 80.4 cm³/mol. The molecule has 3 aromatic rings. The van der Waals surface area contributed by atoms with E-state index in [1.807, 2.05) is 19.2 Å². The zero-order valence-electron chi connectivity index (χ0n) is 11.6. The molecule has 2 aromatic carbocycles. The highest BCUT2D eigenvalue weighted by Crippen LogP contribution is 2.31. The number of para-hydroxylation sites is 1. The van der Waals surface area contributed by atoms with Crippen LogP contribution in [0.3, 0.4) is 0 Å². The summed E-state index contributed by atoms with van der Waals surface area (Å²) in [5.74, 6) is 0.556. The second-order valence-electron chi connectivity index (χ2n) is 5.36. The minimum atomic E-state index is 0.373. The van der Waals surface area contributed by atoms with Crippen LogP contribution in [-0.2, 0) is 0 Å². The van der Waals surface area contributed by atoms with Crippen LogP contribution >= 0.6 is 0 Å². The Morgan fingerprint density at radius 3 is 2.42 bits per heavy atom. The van der Waals surface area contributed by atoms with E-state index in [1.165, 1.54) is 16.3 Å². The van der Waals surface area contributed by atoms with E-state index in [4.69, 9.17) is 4.42 Å². The average molecular weight is 253 g/mol. The van der Waals surface area contributed by atoms with Crippen molar-refractivity contribution in [2.45, 2.75) is 19.9 Å². The summed E-state index contributed by atoms with van der Waals surface area (Å²) in [5, 5.41) is 5.79. The largest absolute Gasteiger partial charge is 0.456 e. The molecule has 0 saturated carbocycles. The van der Waals surface area contributed by atoms with Gasteiger partial charge in [0.15, 0.2) is 0 Å². The molecule has 2 nitrogen and oxygen atoms in total. The molecule has 98 valence electrons. The fourth-order valence-electron chi connectivity index (χ4n) is 2.82. The van der Waals surface area contributed by atoms with E-state index < -0.39 is 0 Å². The van der Waals surface area contributed by atoms with Gasteiger partial charge in [0, 0.05) is 16.8 Å². The van der Waals surface area contributed by atoms with E-state index >= 15 is 0 Å². The maximum absolute atomic E-state index is 5.86. The summed E-state index contributed by atoms with van der Waals surface area (Å²) in [6.45, 7) is 4.47. The number of hydrogen-bond donors (Lipinski definition) is 1. The maximum Gasteiger partial charge on any atom is 0.135 e. The molecule has 0 bridgehead atoms. The first-order valence-electron chi connectivity index (χ1n) is 6.79. The standard InChI is InChI=1S/C17H19NO/c1-11(2)17(18-3)12-8-9-16-14(10-12)13-6-4-5-7-15(13)19-16/h4-11,17-18H,1-3H3. The Morgan fingerprint density at radius 2 is 1.68 bits per heavy atom. The summed E-state index contributed by atoms with van der Waals surface area (Å²) < 4.78 is 5.86. The highest BCUT2D eigenvalue weighted by Gasteiger charge is 2.15. The van der Waals surface area contributed by atoms with Gasteiger partial charge in [-0.3, -0.25) is 0 Å². The highest BCUT2D eigenvalue weighted by molar-refractivity contribution is 6.05. The predicted octanol–water partition coefficient (Wildman–Crippen LogP) is 4.50. The van der Waals surface area contributed by atoms with E-state index in [0.717, 1.165) is 11.2 Å². The molecule has 0 amide bonds. The normalized spacial score (nSPS) is 13.5. The van der Waals surface area contributed by atoms with Crippen molar-refractivity contribution < 1.29 is 4.42 Å². The van der Waals surface area contributed by atoms with E-state index in [0.29, 0.717) is 12.0 Å². The molecule has 0 spiro atoms. The Balaban J connectivity index is 2.21. The molecule has 3 rings (SSSR count). The number of rotatable bonds is 3. The smallest absolute Gasteiger partial charge is 0.135 e. The molecule has 19 heavy (non-hydrogen) atoms. The van der Waals surface area contributed by atoms with Crippen molar-refractivity contribution >= 4 is 21.9 Å². The van der Waals surface area contributed by atoms with Crippen LogP contribution in [0.2, 0.25) is 0 Å². The monoisotopic (exact) mass is 253 g/mol. The Morgan fingerprint density at radius 1 is 0.947 bits per heavy atom. The van der Waals surface area contributed by atoms with Gasteiger partial charge in [0.2, 0.25) is 0 Å². The van der Waals surface area contributed by atoms with Crippen molar-refractivity contribution in [2.24, 2.45) is 5.92 Å². The van der Waals surface area contributed by atoms with Gasteiger partial charge >= 0.3 is 0 Å². The van der Waals surface area contributed by atoms with E-state index in [2.05, 4.69) is 49.5 Å². The van der Waals surface area contributed by atoms with Crippen LogP contribution in [0.4, 0.5) is 0 Å². The lowest BCUT2D eigenvalue weighted by atomic mass is 9.95. The molecule has 0 fully saturated rings. The van der Waals surface area contributed by atoms with Gasteiger partial charge in [-0.25, -0.2) is 0 Å². The second kappa shape index (κ2) is 4.71. The highest BCUT2D eigenvalue weighted by atomic mass is 16.3. The SMILES string of the molecule is CNC(c1ccc2oc3ccccc3c2c1)C(C)C. The van der Waals surface area contributed by atoms with Crippen LogP contribution in [0.25, 0.3) is 21.9 Å². The number of benzene rings is 2. The summed E-state index contributed by atoms with van der Waals surface area (Å²) >= 11 is 0. The number of fused-ring (bicyclic) bond motifs is 3. The fourth-order valence-corrected chi connectivity index (χ4v) is 2.82. The minimum Gasteiger partial charge on any atom is -0.456 e. The molecular formula is C17H19NO. The van der Waals surface area contributed by atoms with Gasteiger partial charge in [-0.1, -0.05) is 38.1 Å². The van der Waals surface area contributed by atoms with Gasteiger partial charge in [-0.2, -0.15) is 0 Å². The van der Waals surface area contributed by atoms with Gasteiger partial charge in [0.25, 0.3) is 0 Å². The number of nitrogens with one attached hydrogen (secondary N) is 1. The van der Waals surface area contributed by atoms with Crippen molar-refractivity contribution in [3.63, 3.8) is 0 Å². The van der Waals surface area contributed by atoms with E-state index in [9.17, 15) is 0 Å². The van der Waals surface area contributed by atoms with Crippen molar-refractivity contribution in [1.29, 1.82) is 0 Å². The summed E-state index contributed by atoms with van der Waals surface area (Å²) in [4.78, 5) is 0. The van der Waals surface area contributed by atoms with Crippen LogP contribution in [0, 0.1) is 5.92 Å². The molecule has 0 aliphatic heterocycles. The first kappa shape index (κ1) is 12.2. The Bertz CT molecular complexity index is 711. The summed E-state index contributed by atoms with van der Waals surface area (Å²) in [6.07, 6.45) is 0. The van der Waals surface area contributed by atoms with Gasteiger partial charge in [-0.15, -0.1) is 0 Å². The Kier molecular flexibility index (Phi) is 3.03. The molecule has 1 unspecified atom stereocenters. The summed E-state index contributed by atoms with van der Waals surface area (Å²) in [7, 11) is 2.02. The molecule has 1 heterocycles. The third-order valence-corrected chi connectivity index (χ3v) is 3.74. The molecule has 0 radical (unpaired) electrons. The van der Waals surface area contributed by atoms with Crippen LogP contribution < -0.4 is 5.32 Å². The quantitative estimate of drug-likeness (QED) is 0.743. The molecule has 1 aromatic heterocycles. The van der Waals surface area contributed by atoms with Crippen LogP contribution in [0.5, 0.6) is 0 Å². The molecule has 0 aliphatic carbocycles. The lowest BCUT2D eigenvalue weighted by molar-refractivity contribution is 0.443. The zero-order valence-corrected chi connectivity index (χ0v) is 11.6. The molecule has 1 atom stereocenters. The molecule has 0 saturated heterocycles. The summed E-state index contributed by atoms with van der Waals surface area (Å²) in [5.41, 5.74) is 3.24. The van der Waals surface area contributed by atoms with E-state index in [-0.39, 0.29) is 0 Å². The topological polar surface area (TPSA) is 25.2 Å². The molecule has 0 aliphatic rings. The number of furan rings is 1. The average Bonchev–Trinajstić information content (AvgIpc) is 2.77. The first-order chi connectivity index (χ1) is 9.20. The van der Waals surface area contributed by atoms with Crippen LogP contribution in [0.15, 0.2) is 46.9 Å². The van der Waals surface area contributed by atoms with Crippen molar-refractivity contribution in [1.82, 2.24) is 5.32 Å². The van der Waals surface area contributed by atoms with Gasteiger partial charge in [-0.05, 0) is 36.7 Å². The van der Waals surface area contributed by atoms with Crippen molar-refractivity contribution in [3.8, 4) is 0 Å². The second-order valence-corrected chi connectivity index (χ2v) is 5.36. The molecular weight excluding hydrogens is 234 g/mol. The van der Waals surface area contributed by atoms with E-state index in [1.54, 1.807) is 0 Å². The van der Waals surface area contributed by atoms with Crippen LogP contribution in [0.1, 0.15) is 25.5 Å². The van der Waals surface area contributed by atoms with Gasteiger partial charge in [0.1, 0.15) is 11.2 Å². The third kappa shape index (κ3) is 2.02. The lowest BCUT2D eigenvalue weighted by Crippen LogP contribution is -2.21. The van der Waals surface area contributed by atoms with Crippen molar-refractivity contribution in [3.05, 3.63) is 48.0 Å². The third-order valence-electron chi connectivity index (χ3n) is 3.74. The molecule has 1 N–H and O–H groups in total. The Labute approximate surface area is 113 Å². The van der Waals surface area contributed by atoms with Crippen LogP contribution in [-0.4, -0.2) is 7.05 Å². The van der Waals surface area contributed by atoms with Crippen molar-refractivity contribution in [2.75, 3.05) is 7.05 Å². The molecule has 2 heteroatoms.